The van der Waals surface area contributed by atoms with Gasteiger partial charge >= 0.3 is 0 Å². The lowest BCUT2D eigenvalue weighted by Gasteiger charge is -2.16. The molecule has 0 fully saturated rings. The minimum atomic E-state index is -0.693. The van der Waals surface area contributed by atoms with E-state index in [0.29, 0.717) is 22.0 Å². The number of benzene rings is 2. The maximum atomic E-state index is 10.4. The smallest absolute Gasteiger partial charge is 0.0859 e. The Balaban J connectivity index is 2.31. The highest BCUT2D eigenvalue weighted by atomic mass is 35.5. The van der Waals surface area contributed by atoms with Gasteiger partial charge in [0.05, 0.1) is 6.10 Å². The molecule has 3 heteroatoms. The van der Waals surface area contributed by atoms with Crippen molar-refractivity contribution in [3.05, 3.63) is 68.7 Å². The molecule has 0 bridgehead atoms. The zero-order chi connectivity index (χ0) is 14.0. The van der Waals surface area contributed by atoms with E-state index in [1.165, 1.54) is 5.56 Å². The fourth-order valence-electron chi connectivity index (χ4n) is 2.16. The second-order valence-corrected chi connectivity index (χ2v) is 5.60. The number of aryl methyl sites for hydroxylation is 2. The molecule has 2 aromatic rings. The molecule has 0 saturated carbocycles. The first kappa shape index (κ1) is 14.4. The van der Waals surface area contributed by atoms with Crippen molar-refractivity contribution in [2.75, 3.05) is 0 Å². The summed E-state index contributed by atoms with van der Waals surface area (Å²) in [7, 11) is 0. The van der Waals surface area contributed by atoms with Crippen LogP contribution in [0.15, 0.2) is 36.4 Å². The van der Waals surface area contributed by atoms with Crippen LogP contribution in [0.25, 0.3) is 0 Å². The van der Waals surface area contributed by atoms with Gasteiger partial charge in [0.25, 0.3) is 0 Å². The molecule has 1 atom stereocenters. The van der Waals surface area contributed by atoms with Crippen LogP contribution in [-0.4, -0.2) is 5.11 Å². The third kappa shape index (κ3) is 3.30. The van der Waals surface area contributed by atoms with E-state index in [4.69, 9.17) is 23.2 Å². The van der Waals surface area contributed by atoms with Crippen molar-refractivity contribution in [2.45, 2.75) is 26.4 Å². The Morgan fingerprint density at radius 3 is 2.32 bits per heavy atom. The zero-order valence-corrected chi connectivity index (χ0v) is 12.5. The van der Waals surface area contributed by atoms with Crippen LogP contribution < -0.4 is 0 Å². The molecule has 1 N–H and O–H groups in total. The quantitative estimate of drug-likeness (QED) is 0.855. The Morgan fingerprint density at radius 2 is 1.68 bits per heavy atom. The molecular weight excluding hydrogens is 279 g/mol. The van der Waals surface area contributed by atoms with Crippen LogP contribution in [0.4, 0.5) is 0 Å². The molecule has 0 spiro atoms. The number of hydrogen-bond acceptors (Lipinski definition) is 1. The topological polar surface area (TPSA) is 20.2 Å². The van der Waals surface area contributed by atoms with Crippen molar-refractivity contribution in [1.82, 2.24) is 0 Å². The fourth-order valence-corrected chi connectivity index (χ4v) is 2.81. The second kappa shape index (κ2) is 5.96. The van der Waals surface area contributed by atoms with Gasteiger partial charge in [-0.1, -0.05) is 53.0 Å². The fraction of sp³-hybridized carbons (Fsp3) is 0.250. The first-order valence-corrected chi connectivity index (χ1v) is 6.92. The van der Waals surface area contributed by atoms with Gasteiger partial charge in [-0.3, -0.25) is 0 Å². The molecular formula is C16H16Cl2O. The Hall–Kier alpha value is -1.02. The Bertz CT molecular complexity index is 573. The maximum Gasteiger partial charge on any atom is 0.0859 e. The van der Waals surface area contributed by atoms with Gasteiger partial charge in [0.2, 0.25) is 0 Å². The number of halogens is 2. The first-order chi connectivity index (χ1) is 8.99. The zero-order valence-electron chi connectivity index (χ0n) is 11.0. The van der Waals surface area contributed by atoms with Crippen LogP contribution in [0, 0.1) is 13.8 Å². The average molecular weight is 295 g/mol. The van der Waals surface area contributed by atoms with E-state index in [9.17, 15) is 5.11 Å². The molecule has 0 heterocycles. The summed E-state index contributed by atoms with van der Waals surface area (Å²) in [6, 6.07) is 11.5. The Kier molecular flexibility index (Phi) is 4.51. The predicted molar refractivity (Wildman–Crippen MR) is 81.0 cm³/mol. The molecule has 0 saturated heterocycles. The number of rotatable bonds is 3. The molecule has 0 aliphatic heterocycles. The van der Waals surface area contributed by atoms with E-state index in [-0.39, 0.29) is 0 Å². The van der Waals surface area contributed by atoms with Crippen molar-refractivity contribution in [1.29, 1.82) is 0 Å². The largest absolute Gasteiger partial charge is 0.388 e. The van der Waals surface area contributed by atoms with Crippen molar-refractivity contribution in [2.24, 2.45) is 0 Å². The summed E-state index contributed by atoms with van der Waals surface area (Å²) in [6.07, 6.45) is -0.182. The third-order valence-corrected chi connectivity index (χ3v) is 3.91. The summed E-state index contributed by atoms with van der Waals surface area (Å²) in [5.41, 5.74) is 4.06. The number of aliphatic hydroxyl groups excluding tert-OH is 1. The molecule has 100 valence electrons. The van der Waals surface area contributed by atoms with E-state index >= 15 is 0 Å². The van der Waals surface area contributed by atoms with E-state index in [2.05, 4.69) is 18.2 Å². The van der Waals surface area contributed by atoms with Gasteiger partial charge in [0.1, 0.15) is 0 Å². The van der Waals surface area contributed by atoms with Gasteiger partial charge in [-0.15, -0.1) is 0 Å². The summed E-state index contributed by atoms with van der Waals surface area (Å²) >= 11 is 12.2. The minimum Gasteiger partial charge on any atom is -0.388 e. The highest BCUT2D eigenvalue weighted by Crippen LogP contribution is 2.32. The third-order valence-electron chi connectivity index (χ3n) is 3.25. The van der Waals surface area contributed by atoms with Gasteiger partial charge in [-0.25, -0.2) is 0 Å². The summed E-state index contributed by atoms with van der Waals surface area (Å²) < 4.78 is 0. The predicted octanol–water partition coefficient (Wildman–Crippen LogP) is 4.89. The molecule has 0 radical (unpaired) electrons. The van der Waals surface area contributed by atoms with Crippen LogP contribution in [-0.2, 0) is 6.42 Å². The standard InChI is InChI=1S/C16H16Cl2O/c1-10-6-7-11(2)12(8-10)9-15(19)16-13(17)4-3-5-14(16)18/h3-8,15,19H,9H2,1-2H3. The molecule has 1 unspecified atom stereocenters. The molecule has 19 heavy (non-hydrogen) atoms. The normalized spacial score (nSPS) is 12.5. The molecule has 0 amide bonds. The van der Waals surface area contributed by atoms with E-state index in [1.807, 2.05) is 13.8 Å². The highest BCUT2D eigenvalue weighted by Gasteiger charge is 2.16. The molecule has 2 rings (SSSR count). The summed E-state index contributed by atoms with van der Waals surface area (Å²) in [5.74, 6) is 0. The Labute approximate surface area is 123 Å². The second-order valence-electron chi connectivity index (χ2n) is 4.79. The van der Waals surface area contributed by atoms with Crippen molar-refractivity contribution < 1.29 is 5.11 Å². The van der Waals surface area contributed by atoms with Crippen molar-refractivity contribution in [3.8, 4) is 0 Å². The summed E-state index contributed by atoms with van der Waals surface area (Å²) in [6.45, 7) is 4.08. The lowest BCUT2D eigenvalue weighted by molar-refractivity contribution is 0.178. The van der Waals surface area contributed by atoms with Crippen LogP contribution in [0.1, 0.15) is 28.4 Å². The Morgan fingerprint density at radius 1 is 1.05 bits per heavy atom. The van der Waals surface area contributed by atoms with E-state index in [1.54, 1.807) is 18.2 Å². The summed E-state index contributed by atoms with van der Waals surface area (Å²) in [5, 5.41) is 11.4. The van der Waals surface area contributed by atoms with E-state index in [0.717, 1.165) is 11.1 Å². The van der Waals surface area contributed by atoms with E-state index < -0.39 is 6.10 Å². The van der Waals surface area contributed by atoms with Crippen molar-refractivity contribution >= 4 is 23.2 Å². The highest BCUT2D eigenvalue weighted by molar-refractivity contribution is 6.36. The lowest BCUT2D eigenvalue weighted by atomic mass is 9.96. The van der Waals surface area contributed by atoms with Crippen molar-refractivity contribution in [3.63, 3.8) is 0 Å². The minimum absolute atomic E-state index is 0.505. The summed E-state index contributed by atoms with van der Waals surface area (Å²) in [4.78, 5) is 0. The van der Waals surface area contributed by atoms with Crippen LogP contribution in [0.3, 0.4) is 0 Å². The van der Waals surface area contributed by atoms with Crippen LogP contribution >= 0.6 is 23.2 Å². The first-order valence-electron chi connectivity index (χ1n) is 6.17. The monoisotopic (exact) mass is 294 g/mol. The molecule has 2 aromatic carbocycles. The maximum absolute atomic E-state index is 10.4. The SMILES string of the molecule is Cc1ccc(C)c(CC(O)c2c(Cl)cccc2Cl)c1. The molecule has 0 aliphatic rings. The van der Waals surface area contributed by atoms with Gasteiger partial charge in [0, 0.05) is 22.0 Å². The van der Waals surface area contributed by atoms with Crippen LogP contribution in [0.5, 0.6) is 0 Å². The van der Waals surface area contributed by atoms with Gasteiger partial charge < -0.3 is 5.11 Å². The van der Waals surface area contributed by atoms with Gasteiger partial charge in [0.15, 0.2) is 0 Å². The number of aliphatic hydroxyl groups is 1. The number of hydrogen-bond donors (Lipinski definition) is 1. The van der Waals surface area contributed by atoms with Gasteiger partial charge in [-0.2, -0.15) is 0 Å². The van der Waals surface area contributed by atoms with Crippen LogP contribution in [0.2, 0.25) is 10.0 Å². The van der Waals surface area contributed by atoms with Gasteiger partial charge in [-0.05, 0) is 37.1 Å². The molecule has 0 aromatic heterocycles. The lowest BCUT2D eigenvalue weighted by Crippen LogP contribution is -2.05. The average Bonchev–Trinajstić information content (AvgIpc) is 2.33. The molecule has 1 nitrogen and oxygen atoms in total. The molecule has 0 aliphatic carbocycles.